The van der Waals surface area contributed by atoms with E-state index in [0.717, 1.165) is 20.7 Å². The summed E-state index contributed by atoms with van der Waals surface area (Å²) in [5.41, 5.74) is 9.69. The van der Waals surface area contributed by atoms with Gasteiger partial charge in [0, 0.05) is 16.1 Å². The summed E-state index contributed by atoms with van der Waals surface area (Å²) in [5.74, 6) is 0.300. The summed E-state index contributed by atoms with van der Waals surface area (Å²) in [7, 11) is 0. The number of carbonyl (C=O) groups is 2. The number of nitrogens with one attached hydrogen (secondary N) is 1. The van der Waals surface area contributed by atoms with E-state index in [0.29, 0.717) is 33.5 Å². The zero-order chi connectivity index (χ0) is 20.0. The molecule has 3 heterocycles. The van der Waals surface area contributed by atoms with Gasteiger partial charge in [-0.05, 0) is 52.7 Å². The molecule has 1 atom stereocenters. The van der Waals surface area contributed by atoms with Gasteiger partial charge in [-0.25, -0.2) is 9.97 Å². The van der Waals surface area contributed by atoms with Gasteiger partial charge in [-0.15, -0.1) is 11.3 Å². The van der Waals surface area contributed by atoms with E-state index >= 15 is 0 Å². The molecule has 0 radical (unpaired) electrons. The van der Waals surface area contributed by atoms with Crippen LogP contribution in [0.3, 0.4) is 0 Å². The number of aromatic amines is 1. The van der Waals surface area contributed by atoms with Gasteiger partial charge in [-0.2, -0.15) is 0 Å². The van der Waals surface area contributed by atoms with E-state index in [1.807, 2.05) is 20.8 Å². The number of anilines is 1. The smallest absolute Gasteiger partial charge is 0.192 e. The topological polar surface area (TPSA) is 102 Å². The Hall–Kier alpha value is -2.19. The Morgan fingerprint density at radius 1 is 1.15 bits per heavy atom. The van der Waals surface area contributed by atoms with E-state index in [9.17, 15) is 9.59 Å². The number of ketones is 2. The van der Waals surface area contributed by atoms with Crippen LogP contribution in [0.1, 0.15) is 56.4 Å². The van der Waals surface area contributed by atoms with Crippen LogP contribution >= 0.6 is 23.1 Å². The third-order valence-electron chi connectivity index (χ3n) is 4.72. The normalized spacial score (nSPS) is 12.5. The molecule has 0 saturated carbocycles. The Kier molecular flexibility index (Phi) is 5.14. The molecule has 142 valence electrons. The van der Waals surface area contributed by atoms with E-state index in [1.54, 1.807) is 25.2 Å². The number of hydrogen-bond acceptors (Lipinski definition) is 7. The van der Waals surface area contributed by atoms with Gasteiger partial charge in [0.25, 0.3) is 0 Å². The molecule has 0 aromatic carbocycles. The van der Waals surface area contributed by atoms with Crippen LogP contribution in [-0.4, -0.2) is 31.8 Å². The van der Waals surface area contributed by atoms with Gasteiger partial charge < -0.3 is 10.7 Å². The Morgan fingerprint density at radius 2 is 1.81 bits per heavy atom. The zero-order valence-electron chi connectivity index (χ0n) is 16.2. The molecular weight excluding hydrogens is 380 g/mol. The third-order valence-corrected chi connectivity index (χ3v) is 6.79. The van der Waals surface area contributed by atoms with E-state index in [1.165, 1.54) is 18.7 Å². The quantitative estimate of drug-likeness (QED) is 0.372. The summed E-state index contributed by atoms with van der Waals surface area (Å²) < 4.78 is 0. The van der Waals surface area contributed by atoms with Crippen molar-refractivity contribution in [1.82, 2.24) is 15.0 Å². The lowest BCUT2D eigenvalue weighted by Crippen LogP contribution is -2.16. The number of thiophene rings is 1. The van der Waals surface area contributed by atoms with Gasteiger partial charge in [0.1, 0.15) is 10.6 Å². The number of rotatable bonds is 5. The Bertz CT molecular complexity index is 1080. The second-order valence-corrected chi connectivity index (χ2v) is 9.17. The fraction of sp³-hybridized carbons (Fsp3) is 0.368. The molecule has 8 heteroatoms. The number of H-pyrrole nitrogens is 1. The van der Waals surface area contributed by atoms with Crippen molar-refractivity contribution in [2.45, 2.75) is 51.9 Å². The van der Waals surface area contributed by atoms with Crippen LogP contribution in [-0.2, 0) is 0 Å². The molecular formula is C19H22N4O2S2. The SMILES string of the molecule is CC(=O)c1c(C)[nH]c(C(=O)C(C)Sc2nc(N)c3c(C)c(C)sc3n2)c1C. The molecule has 3 aromatic heterocycles. The molecule has 3 aromatic rings. The summed E-state index contributed by atoms with van der Waals surface area (Å²) in [6, 6.07) is 0. The molecule has 0 bridgehead atoms. The van der Waals surface area contributed by atoms with Crippen LogP contribution in [0, 0.1) is 27.7 Å². The number of thioether (sulfide) groups is 1. The average Bonchev–Trinajstić information content (AvgIpc) is 3.02. The first-order valence-corrected chi connectivity index (χ1v) is 10.3. The first-order chi connectivity index (χ1) is 12.6. The van der Waals surface area contributed by atoms with Crippen molar-refractivity contribution in [1.29, 1.82) is 0 Å². The summed E-state index contributed by atoms with van der Waals surface area (Å²) in [5, 5.41) is 0.957. The van der Waals surface area contributed by atoms with Crippen molar-refractivity contribution in [2.24, 2.45) is 0 Å². The molecule has 6 nitrogen and oxygen atoms in total. The lowest BCUT2D eigenvalue weighted by Gasteiger charge is -2.10. The van der Waals surface area contributed by atoms with E-state index in [4.69, 9.17) is 5.73 Å². The van der Waals surface area contributed by atoms with Crippen LogP contribution in [0.4, 0.5) is 5.82 Å². The number of hydrogen-bond donors (Lipinski definition) is 2. The van der Waals surface area contributed by atoms with Gasteiger partial charge in [0.2, 0.25) is 0 Å². The van der Waals surface area contributed by atoms with Gasteiger partial charge in [-0.1, -0.05) is 11.8 Å². The number of Topliss-reactive ketones (excluding diaryl/α,β-unsaturated/α-hetero) is 2. The first-order valence-electron chi connectivity index (χ1n) is 8.56. The van der Waals surface area contributed by atoms with Crippen LogP contribution in [0.2, 0.25) is 0 Å². The van der Waals surface area contributed by atoms with Crippen molar-refractivity contribution in [2.75, 3.05) is 5.73 Å². The highest BCUT2D eigenvalue weighted by Gasteiger charge is 2.25. The highest BCUT2D eigenvalue weighted by Crippen LogP contribution is 2.34. The number of nitrogens with two attached hydrogens (primary N) is 1. The van der Waals surface area contributed by atoms with Crippen molar-refractivity contribution in [3.8, 4) is 0 Å². The predicted molar refractivity (Wildman–Crippen MR) is 111 cm³/mol. The van der Waals surface area contributed by atoms with Gasteiger partial charge >= 0.3 is 0 Å². The number of aromatic nitrogens is 3. The molecule has 3 N–H and O–H groups in total. The van der Waals surface area contributed by atoms with Crippen molar-refractivity contribution in [3.05, 3.63) is 33.0 Å². The molecule has 0 saturated heterocycles. The second kappa shape index (κ2) is 7.09. The highest BCUT2D eigenvalue weighted by atomic mass is 32.2. The largest absolute Gasteiger partial charge is 0.383 e. The maximum Gasteiger partial charge on any atom is 0.192 e. The van der Waals surface area contributed by atoms with Crippen LogP contribution in [0.15, 0.2) is 5.16 Å². The third kappa shape index (κ3) is 3.39. The van der Waals surface area contributed by atoms with Crippen LogP contribution in [0.25, 0.3) is 10.2 Å². The molecule has 0 spiro atoms. The molecule has 0 aliphatic rings. The molecule has 0 amide bonds. The molecule has 0 aliphatic carbocycles. The van der Waals surface area contributed by atoms with E-state index in [2.05, 4.69) is 15.0 Å². The summed E-state index contributed by atoms with van der Waals surface area (Å²) in [6.45, 7) is 11.0. The standard InChI is InChI=1S/C19H22N4O2S2/c1-7-11(5)26-18-14(7)17(20)22-19(23-18)27-12(6)16(25)15-8(2)13(10(4)24)9(3)21-15/h12,21H,1-6H3,(H2,20,22,23). The summed E-state index contributed by atoms with van der Waals surface area (Å²) in [4.78, 5) is 38.8. The lowest BCUT2D eigenvalue weighted by atomic mass is 10.0. The number of carbonyl (C=O) groups excluding carboxylic acids is 2. The number of nitrogen functional groups attached to an aromatic ring is 1. The van der Waals surface area contributed by atoms with Crippen LogP contribution in [0.5, 0.6) is 0 Å². The molecule has 0 aliphatic heterocycles. The van der Waals surface area contributed by atoms with Gasteiger partial charge in [-0.3, -0.25) is 9.59 Å². The molecule has 1 unspecified atom stereocenters. The Labute approximate surface area is 166 Å². The van der Waals surface area contributed by atoms with Crippen molar-refractivity contribution in [3.63, 3.8) is 0 Å². The maximum absolute atomic E-state index is 12.9. The zero-order valence-corrected chi connectivity index (χ0v) is 17.8. The fourth-order valence-electron chi connectivity index (χ4n) is 3.25. The number of fused-ring (bicyclic) bond motifs is 1. The minimum absolute atomic E-state index is 0.0504. The Balaban J connectivity index is 1.90. The summed E-state index contributed by atoms with van der Waals surface area (Å²) >= 11 is 2.85. The Morgan fingerprint density at radius 3 is 2.41 bits per heavy atom. The molecule has 27 heavy (non-hydrogen) atoms. The minimum atomic E-state index is -0.416. The minimum Gasteiger partial charge on any atom is -0.383 e. The first kappa shape index (κ1) is 19.6. The maximum atomic E-state index is 12.9. The van der Waals surface area contributed by atoms with Crippen molar-refractivity contribution < 1.29 is 9.59 Å². The van der Waals surface area contributed by atoms with E-state index < -0.39 is 5.25 Å². The molecule has 3 rings (SSSR count). The summed E-state index contributed by atoms with van der Waals surface area (Å²) in [6.07, 6.45) is 0. The fourth-order valence-corrected chi connectivity index (χ4v) is 5.18. The van der Waals surface area contributed by atoms with Gasteiger partial charge in [0.15, 0.2) is 16.7 Å². The number of nitrogens with zero attached hydrogens (tertiary/aromatic N) is 2. The van der Waals surface area contributed by atoms with Crippen LogP contribution < -0.4 is 5.73 Å². The van der Waals surface area contributed by atoms with E-state index in [-0.39, 0.29) is 11.6 Å². The molecule has 0 fully saturated rings. The second-order valence-electron chi connectivity index (χ2n) is 6.66. The average molecular weight is 403 g/mol. The number of aryl methyl sites for hydroxylation is 3. The predicted octanol–water partition coefficient (Wildman–Crippen LogP) is 4.40. The monoisotopic (exact) mass is 402 g/mol. The van der Waals surface area contributed by atoms with Crippen molar-refractivity contribution >= 4 is 50.7 Å². The highest BCUT2D eigenvalue weighted by molar-refractivity contribution is 8.00. The lowest BCUT2D eigenvalue weighted by molar-refractivity contribution is 0.0988. The van der Waals surface area contributed by atoms with Gasteiger partial charge in [0.05, 0.1) is 16.3 Å².